The van der Waals surface area contributed by atoms with Gasteiger partial charge in [-0.25, -0.2) is 4.31 Å². The maximum absolute atomic E-state index is 13.9. The molecule has 1 unspecified atom stereocenters. The minimum absolute atomic E-state index is 0.128. The number of pyridine rings is 1. The van der Waals surface area contributed by atoms with Crippen LogP contribution in [0.2, 0.25) is 0 Å². The average Bonchev–Trinajstić information content (AvgIpc) is 2.70. The highest BCUT2D eigenvalue weighted by molar-refractivity contribution is 7.96. The molecule has 1 aliphatic rings. The number of nitrogens with zero attached hydrogens (tertiary/aromatic N) is 3. The highest BCUT2D eigenvalue weighted by Crippen LogP contribution is 2.35. The summed E-state index contributed by atoms with van der Waals surface area (Å²) in [4.78, 5) is 5.71. The molecule has 0 N–H and O–H groups in total. The molecule has 0 saturated carbocycles. The molecule has 1 fully saturated rings. The zero-order valence-corrected chi connectivity index (χ0v) is 19.0. The van der Waals surface area contributed by atoms with E-state index in [2.05, 4.69) is 4.98 Å². The molecule has 0 aliphatic carbocycles. The molecule has 2 aromatic rings. The van der Waals surface area contributed by atoms with E-state index in [0.717, 1.165) is 5.56 Å². The van der Waals surface area contributed by atoms with E-state index in [9.17, 15) is 13.2 Å². The predicted molar refractivity (Wildman–Crippen MR) is 118 cm³/mol. The molecule has 5 nitrogen and oxygen atoms in total. The molecule has 0 spiro atoms. The second-order valence-electron chi connectivity index (χ2n) is 8.31. The molecule has 0 radical (unpaired) electrons. The van der Waals surface area contributed by atoms with Gasteiger partial charge in [-0.15, -0.1) is 0 Å². The molecule has 0 bridgehead atoms. The van der Waals surface area contributed by atoms with Crippen LogP contribution in [0.25, 0.3) is 0 Å². The maximum atomic E-state index is 13.9. The van der Waals surface area contributed by atoms with Crippen molar-refractivity contribution >= 4 is 17.8 Å². The topological polar surface area (TPSA) is 37.8 Å². The molecule has 1 aromatic heterocycles. The lowest BCUT2D eigenvalue weighted by Crippen LogP contribution is -2.57. The van der Waals surface area contributed by atoms with Crippen molar-refractivity contribution < 1.29 is 22.6 Å². The lowest BCUT2D eigenvalue weighted by molar-refractivity contribution is -0.153. The highest BCUT2D eigenvalue weighted by Gasteiger charge is 2.47. The molecule has 1 aromatic carbocycles. The Morgan fingerprint density at radius 2 is 1.81 bits per heavy atom. The summed E-state index contributed by atoms with van der Waals surface area (Å²) in [6.45, 7) is 6.46. The van der Waals surface area contributed by atoms with Crippen LogP contribution in [-0.2, 0) is 6.61 Å². The van der Waals surface area contributed by atoms with Gasteiger partial charge in [0.05, 0.1) is 0 Å². The van der Waals surface area contributed by atoms with Crippen LogP contribution in [0.5, 0.6) is 11.6 Å². The van der Waals surface area contributed by atoms with Gasteiger partial charge in [-0.05, 0) is 32.6 Å². The van der Waals surface area contributed by atoms with Crippen molar-refractivity contribution in [2.75, 3.05) is 30.8 Å². The molecule has 1 saturated heterocycles. The zero-order chi connectivity index (χ0) is 22.6. The highest BCUT2D eigenvalue weighted by atomic mass is 32.2. The minimum atomic E-state index is -4.39. The van der Waals surface area contributed by atoms with Gasteiger partial charge in [0.15, 0.2) is 0 Å². The molecule has 1 atom stereocenters. The lowest BCUT2D eigenvalue weighted by Gasteiger charge is -2.42. The lowest BCUT2D eigenvalue weighted by atomic mass is 10.1. The minimum Gasteiger partial charge on any atom is -0.489 e. The van der Waals surface area contributed by atoms with Crippen molar-refractivity contribution in [2.45, 2.75) is 45.2 Å². The summed E-state index contributed by atoms with van der Waals surface area (Å²) in [5.74, 6) is 0.857. The summed E-state index contributed by atoms with van der Waals surface area (Å²) in [6.07, 6.45) is -2.60. The fourth-order valence-corrected chi connectivity index (χ4v) is 3.84. The molecule has 2 heterocycles. The second kappa shape index (κ2) is 9.56. The fourth-order valence-electron chi connectivity index (χ4n) is 3.28. The predicted octanol–water partition coefficient (Wildman–Crippen LogP) is 5.17. The third-order valence-corrected chi connectivity index (χ3v) is 5.54. The Morgan fingerprint density at radius 1 is 1.10 bits per heavy atom. The van der Waals surface area contributed by atoms with Crippen LogP contribution >= 0.6 is 11.9 Å². The van der Waals surface area contributed by atoms with E-state index in [-0.39, 0.29) is 24.8 Å². The summed E-state index contributed by atoms with van der Waals surface area (Å²) >= 11 is 1.32. The third kappa shape index (κ3) is 6.67. The molecule has 31 heavy (non-hydrogen) atoms. The molecular formula is C22H28F3N3O2S. The van der Waals surface area contributed by atoms with Crippen molar-refractivity contribution in [3.63, 3.8) is 0 Å². The van der Waals surface area contributed by atoms with Gasteiger partial charge in [-0.2, -0.15) is 18.2 Å². The molecule has 9 heteroatoms. The number of halogens is 3. The first kappa shape index (κ1) is 23.5. The van der Waals surface area contributed by atoms with Gasteiger partial charge < -0.3 is 14.4 Å². The van der Waals surface area contributed by atoms with Gasteiger partial charge in [-0.3, -0.25) is 0 Å². The van der Waals surface area contributed by atoms with E-state index < -0.39 is 17.8 Å². The van der Waals surface area contributed by atoms with Crippen LogP contribution in [0.15, 0.2) is 42.5 Å². The monoisotopic (exact) mass is 455 g/mol. The number of ether oxygens (including phenoxy) is 2. The summed E-state index contributed by atoms with van der Waals surface area (Å²) in [5, 5.41) is 0. The van der Waals surface area contributed by atoms with Crippen molar-refractivity contribution in [1.29, 1.82) is 0 Å². The smallest absolute Gasteiger partial charge is 0.410 e. The molecule has 0 amide bonds. The van der Waals surface area contributed by atoms with Crippen LogP contribution in [0.3, 0.4) is 0 Å². The summed E-state index contributed by atoms with van der Waals surface area (Å²) < 4.78 is 55.1. The number of benzene rings is 1. The first-order valence-corrected chi connectivity index (χ1v) is 11.2. The van der Waals surface area contributed by atoms with E-state index in [0.29, 0.717) is 18.9 Å². The fraction of sp³-hybridized carbons (Fsp3) is 0.500. The summed E-state index contributed by atoms with van der Waals surface area (Å²) in [7, 11) is 0. The van der Waals surface area contributed by atoms with Gasteiger partial charge in [-0.1, -0.05) is 42.3 Å². The number of piperazine rings is 1. The molecule has 3 rings (SSSR count). The van der Waals surface area contributed by atoms with Gasteiger partial charge in [0.25, 0.3) is 0 Å². The standard InChI is InChI=1S/C22H28F3N3O2S/c1-21(2,3)30-20-13-17(29-15-16-8-6-5-7-9-16)12-19(26-20)28-11-10-27(31-4)14-18(28)22(23,24)25/h5-9,12-13,18H,10-11,14-15H2,1-4H3. The van der Waals surface area contributed by atoms with Crippen LogP contribution < -0.4 is 14.4 Å². The van der Waals surface area contributed by atoms with Crippen LogP contribution in [0, 0.1) is 0 Å². The van der Waals surface area contributed by atoms with Crippen molar-refractivity contribution in [3.8, 4) is 11.6 Å². The van der Waals surface area contributed by atoms with E-state index >= 15 is 0 Å². The van der Waals surface area contributed by atoms with E-state index in [1.165, 1.54) is 16.8 Å². The van der Waals surface area contributed by atoms with Crippen LogP contribution in [0.4, 0.5) is 19.0 Å². The van der Waals surface area contributed by atoms with Gasteiger partial charge in [0.2, 0.25) is 5.88 Å². The third-order valence-electron chi connectivity index (χ3n) is 4.69. The average molecular weight is 456 g/mol. The zero-order valence-electron chi connectivity index (χ0n) is 18.1. The number of rotatable bonds is 6. The largest absolute Gasteiger partial charge is 0.489 e. The second-order valence-corrected chi connectivity index (χ2v) is 9.19. The van der Waals surface area contributed by atoms with Crippen molar-refractivity contribution in [2.24, 2.45) is 0 Å². The Morgan fingerprint density at radius 3 is 2.42 bits per heavy atom. The molecule has 1 aliphatic heterocycles. The van der Waals surface area contributed by atoms with Gasteiger partial charge >= 0.3 is 6.18 Å². The number of anilines is 1. The Bertz CT molecular complexity index is 859. The number of hydrogen-bond acceptors (Lipinski definition) is 6. The van der Waals surface area contributed by atoms with E-state index in [4.69, 9.17) is 9.47 Å². The molecular weight excluding hydrogens is 427 g/mol. The van der Waals surface area contributed by atoms with Gasteiger partial charge in [0.1, 0.15) is 29.8 Å². The number of aromatic nitrogens is 1. The van der Waals surface area contributed by atoms with Crippen LogP contribution in [0.1, 0.15) is 26.3 Å². The molecule has 170 valence electrons. The summed E-state index contributed by atoms with van der Waals surface area (Å²) in [5.41, 5.74) is 0.407. The first-order valence-electron chi connectivity index (χ1n) is 10.1. The number of hydrogen-bond donors (Lipinski definition) is 0. The Hall–Kier alpha value is -2.13. The normalized spacial score (nSPS) is 18.2. The number of alkyl halides is 3. The quantitative estimate of drug-likeness (QED) is 0.560. The SMILES string of the molecule is CSN1CCN(c2cc(OCc3ccccc3)cc(OC(C)(C)C)n2)C(C(F)(F)F)C1. The van der Waals surface area contributed by atoms with E-state index in [1.54, 1.807) is 22.7 Å². The first-order chi connectivity index (χ1) is 14.5. The maximum Gasteiger partial charge on any atom is 0.410 e. The van der Waals surface area contributed by atoms with Crippen molar-refractivity contribution in [3.05, 3.63) is 48.0 Å². The van der Waals surface area contributed by atoms with Crippen LogP contribution in [-0.4, -0.2) is 53.0 Å². The van der Waals surface area contributed by atoms with E-state index in [1.807, 2.05) is 51.1 Å². The Kier molecular flexibility index (Phi) is 7.26. The Balaban J connectivity index is 1.92. The Labute approximate surface area is 185 Å². The summed E-state index contributed by atoms with van der Waals surface area (Å²) in [6, 6.07) is 11.1. The van der Waals surface area contributed by atoms with Gasteiger partial charge in [0, 0.05) is 31.8 Å². The van der Waals surface area contributed by atoms with Crippen molar-refractivity contribution in [1.82, 2.24) is 9.29 Å².